The predicted molar refractivity (Wildman–Crippen MR) is 73.5 cm³/mol. The standard InChI is InChI=1S/C15H23N3/c1-9-6-15(18-11(3)16-9)17-10(2)14-8-12-4-5-13(14)7-12/h6,10,12-14H,4-5,7-8H2,1-3H3,(H,16,17,18). The molecule has 98 valence electrons. The van der Waals surface area contributed by atoms with Crippen molar-refractivity contribution < 1.29 is 0 Å². The number of nitrogens with zero attached hydrogens (tertiary/aromatic N) is 2. The average molecular weight is 245 g/mol. The molecule has 0 spiro atoms. The van der Waals surface area contributed by atoms with E-state index >= 15 is 0 Å². The highest BCUT2D eigenvalue weighted by Crippen LogP contribution is 2.49. The van der Waals surface area contributed by atoms with Crippen LogP contribution in [0.1, 0.15) is 44.1 Å². The molecule has 2 aliphatic rings. The van der Waals surface area contributed by atoms with Gasteiger partial charge in [-0.2, -0.15) is 0 Å². The largest absolute Gasteiger partial charge is 0.367 e. The molecule has 2 aliphatic carbocycles. The number of hydrogen-bond donors (Lipinski definition) is 1. The lowest BCUT2D eigenvalue weighted by Gasteiger charge is -2.29. The minimum atomic E-state index is 0.536. The summed E-state index contributed by atoms with van der Waals surface area (Å²) >= 11 is 0. The van der Waals surface area contributed by atoms with E-state index in [0.717, 1.165) is 35.1 Å². The Morgan fingerprint density at radius 1 is 1.22 bits per heavy atom. The van der Waals surface area contributed by atoms with Gasteiger partial charge in [-0.15, -0.1) is 0 Å². The zero-order chi connectivity index (χ0) is 12.7. The van der Waals surface area contributed by atoms with Crippen LogP contribution in [0, 0.1) is 31.6 Å². The Morgan fingerprint density at radius 2 is 2.06 bits per heavy atom. The van der Waals surface area contributed by atoms with E-state index in [4.69, 9.17) is 0 Å². The Kier molecular flexibility index (Phi) is 3.00. The third kappa shape index (κ3) is 2.23. The molecule has 3 nitrogen and oxygen atoms in total. The first-order valence-corrected chi connectivity index (χ1v) is 7.20. The van der Waals surface area contributed by atoms with Gasteiger partial charge in [0.1, 0.15) is 11.6 Å². The predicted octanol–water partition coefficient (Wildman–Crippen LogP) is 3.33. The molecule has 0 radical (unpaired) electrons. The van der Waals surface area contributed by atoms with Crippen molar-refractivity contribution >= 4 is 5.82 Å². The Hall–Kier alpha value is -1.12. The number of fused-ring (bicyclic) bond motifs is 2. The molecule has 4 atom stereocenters. The molecule has 1 aromatic heterocycles. The molecule has 2 saturated carbocycles. The van der Waals surface area contributed by atoms with E-state index in [-0.39, 0.29) is 0 Å². The fraction of sp³-hybridized carbons (Fsp3) is 0.733. The Balaban J connectivity index is 1.68. The summed E-state index contributed by atoms with van der Waals surface area (Å²) in [5.74, 6) is 4.67. The Labute approximate surface area is 109 Å². The third-order valence-electron chi connectivity index (χ3n) is 4.78. The highest BCUT2D eigenvalue weighted by atomic mass is 15.0. The quantitative estimate of drug-likeness (QED) is 0.887. The van der Waals surface area contributed by atoms with Gasteiger partial charge in [0.25, 0.3) is 0 Å². The zero-order valence-electron chi connectivity index (χ0n) is 11.6. The molecule has 4 unspecified atom stereocenters. The molecule has 1 heterocycles. The van der Waals surface area contributed by atoms with E-state index in [9.17, 15) is 0 Å². The molecule has 1 N–H and O–H groups in total. The van der Waals surface area contributed by atoms with Crippen molar-refractivity contribution in [2.24, 2.45) is 17.8 Å². The number of aryl methyl sites for hydroxylation is 2. The summed E-state index contributed by atoms with van der Waals surface area (Å²) < 4.78 is 0. The lowest BCUT2D eigenvalue weighted by Crippen LogP contribution is -2.30. The van der Waals surface area contributed by atoms with Crippen LogP contribution in [0.5, 0.6) is 0 Å². The van der Waals surface area contributed by atoms with Crippen LogP contribution in [0.25, 0.3) is 0 Å². The topological polar surface area (TPSA) is 37.8 Å². The van der Waals surface area contributed by atoms with Crippen LogP contribution < -0.4 is 5.32 Å². The second-order valence-electron chi connectivity index (χ2n) is 6.21. The summed E-state index contributed by atoms with van der Waals surface area (Å²) in [5, 5.41) is 3.60. The van der Waals surface area contributed by atoms with Crippen LogP contribution in [0.15, 0.2) is 6.07 Å². The fourth-order valence-electron chi connectivity index (χ4n) is 4.04. The van der Waals surface area contributed by atoms with Crippen LogP contribution in [0.3, 0.4) is 0 Å². The molecular weight excluding hydrogens is 222 g/mol. The van der Waals surface area contributed by atoms with Crippen molar-refractivity contribution in [2.75, 3.05) is 5.32 Å². The average Bonchev–Trinajstić information content (AvgIpc) is 2.88. The first-order chi connectivity index (χ1) is 8.61. The molecule has 0 aliphatic heterocycles. The van der Waals surface area contributed by atoms with Gasteiger partial charge in [-0.3, -0.25) is 0 Å². The number of anilines is 1. The van der Waals surface area contributed by atoms with Crippen molar-refractivity contribution in [3.8, 4) is 0 Å². The minimum absolute atomic E-state index is 0.536. The van der Waals surface area contributed by atoms with Crippen molar-refractivity contribution in [2.45, 2.75) is 52.5 Å². The van der Waals surface area contributed by atoms with Crippen LogP contribution >= 0.6 is 0 Å². The maximum Gasteiger partial charge on any atom is 0.130 e. The van der Waals surface area contributed by atoms with Gasteiger partial charge in [0, 0.05) is 17.8 Å². The van der Waals surface area contributed by atoms with Gasteiger partial charge in [0.05, 0.1) is 0 Å². The summed E-state index contributed by atoms with van der Waals surface area (Å²) in [7, 11) is 0. The first-order valence-electron chi connectivity index (χ1n) is 7.20. The highest BCUT2D eigenvalue weighted by molar-refractivity contribution is 5.37. The Morgan fingerprint density at radius 3 is 2.67 bits per heavy atom. The van der Waals surface area contributed by atoms with Crippen LogP contribution in [0.2, 0.25) is 0 Å². The molecule has 3 rings (SSSR count). The molecule has 1 aromatic rings. The van der Waals surface area contributed by atoms with Crippen LogP contribution in [-0.2, 0) is 0 Å². The normalized spacial score (nSPS) is 31.6. The van der Waals surface area contributed by atoms with E-state index < -0.39 is 0 Å². The second-order valence-corrected chi connectivity index (χ2v) is 6.21. The fourth-order valence-corrected chi connectivity index (χ4v) is 4.04. The van der Waals surface area contributed by atoms with Crippen molar-refractivity contribution in [1.82, 2.24) is 9.97 Å². The van der Waals surface area contributed by atoms with Gasteiger partial charge in [0.2, 0.25) is 0 Å². The van der Waals surface area contributed by atoms with Gasteiger partial charge in [-0.25, -0.2) is 9.97 Å². The summed E-state index contributed by atoms with van der Waals surface area (Å²) in [6.45, 7) is 6.31. The molecule has 0 aromatic carbocycles. The van der Waals surface area contributed by atoms with Crippen molar-refractivity contribution in [3.05, 3.63) is 17.6 Å². The number of hydrogen-bond acceptors (Lipinski definition) is 3. The molecular formula is C15H23N3. The third-order valence-corrected chi connectivity index (χ3v) is 4.78. The smallest absolute Gasteiger partial charge is 0.130 e. The van der Waals surface area contributed by atoms with E-state index in [0.29, 0.717) is 6.04 Å². The van der Waals surface area contributed by atoms with E-state index in [1.165, 1.54) is 25.7 Å². The monoisotopic (exact) mass is 245 g/mol. The second kappa shape index (κ2) is 4.52. The van der Waals surface area contributed by atoms with Gasteiger partial charge in [-0.1, -0.05) is 6.42 Å². The maximum atomic E-state index is 4.49. The maximum absolute atomic E-state index is 4.49. The van der Waals surface area contributed by atoms with Gasteiger partial charge in [-0.05, 0) is 57.8 Å². The zero-order valence-corrected chi connectivity index (χ0v) is 11.6. The molecule has 2 fully saturated rings. The number of nitrogens with one attached hydrogen (secondary N) is 1. The summed E-state index contributed by atoms with van der Waals surface area (Å²) in [5.41, 5.74) is 1.05. The molecule has 18 heavy (non-hydrogen) atoms. The first kappa shape index (κ1) is 11.9. The SMILES string of the molecule is Cc1cc(NC(C)C2CC3CCC2C3)nc(C)n1. The number of aromatic nitrogens is 2. The lowest BCUT2D eigenvalue weighted by atomic mass is 9.84. The van der Waals surface area contributed by atoms with Crippen molar-refractivity contribution in [3.63, 3.8) is 0 Å². The van der Waals surface area contributed by atoms with E-state index in [2.05, 4.69) is 28.3 Å². The van der Waals surface area contributed by atoms with Gasteiger partial charge in [0.15, 0.2) is 0 Å². The van der Waals surface area contributed by atoms with Crippen LogP contribution in [-0.4, -0.2) is 16.0 Å². The molecule has 3 heteroatoms. The number of rotatable bonds is 3. The lowest BCUT2D eigenvalue weighted by molar-refractivity contribution is 0.304. The summed E-state index contributed by atoms with van der Waals surface area (Å²) in [4.78, 5) is 8.81. The highest BCUT2D eigenvalue weighted by Gasteiger charge is 2.41. The summed E-state index contributed by atoms with van der Waals surface area (Å²) in [6.07, 6.45) is 5.81. The van der Waals surface area contributed by atoms with E-state index in [1.54, 1.807) is 0 Å². The molecule has 0 amide bonds. The van der Waals surface area contributed by atoms with E-state index in [1.807, 2.05) is 13.8 Å². The summed E-state index contributed by atoms with van der Waals surface area (Å²) in [6, 6.07) is 2.59. The minimum Gasteiger partial charge on any atom is -0.367 e. The van der Waals surface area contributed by atoms with Gasteiger partial charge < -0.3 is 5.32 Å². The molecule has 2 bridgehead atoms. The molecule has 0 saturated heterocycles. The van der Waals surface area contributed by atoms with Crippen molar-refractivity contribution in [1.29, 1.82) is 0 Å². The van der Waals surface area contributed by atoms with Crippen LogP contribution in [0.4, 0.5) is 5.82 Å². The Bertz CT molecular complexity index is 423. The van der Waals surface area contributed by atoms with Gasteiger partial charge >= 0.3 is 0 Å².